The molecule has 192 valence electrons. The molecule has 0 atom stereocenters. The SMILES string of the molecule is CCN(CC)C(=O)CN1CN(c2ccccc2)C2(CCN(C(=O)c3cccc4ccccc34)CC2)C1=O. The Bertz CT molecular complexity index is 1290. The minimum absolute atomic E-state index is 0.00285. The standard InChI is InChI=1S/C30H34N4O3/c1-3-31(4-2)27(35)21-33-22-34(24-13-6-5-7-14-24)30(29(33)37)17-19-32(20-18-30)28(36)26-16-10-12-23-11-8-9-15-25(23)26/h5-16H,3-4,17-22H2,1-2H3. The van der Waals surface area contributed by atoms with E-state index in [0.717, 1.165) is 16.5 Å². The van der Waals surface area contributed by atoms with Gasteiger partial charge in [-0.1, -0.05) is 54.6 Å². The smallest absolute Gasteiger partial charge is 0.254 e. The highest BCUT2D eigenvalue weighted by atomic mass is 16.2. The highest BCUT2D eigenvalue weighted by Gasteiger charge is 2.54. The number of fused-ring (bicyclic) bond motifs is 1. The van der Waals surface area contributed by atoms with Crippen molar-refractivity contribution in [1.29, 1.82) is 0 Å². The third kappa shape index (κ3) is 4.43. The Morgan fingerprint density at radius 2 is 1.51 bits per heavy atom. The monoisotopic (exact) mass is 498 g/mol. The molecule has 0 aromatic heterocycles. The van der Waals surface area contributed by atoms with Crippen molar-refractivity contribution in [3.63, 3.8) is 0 Å². The Morgan fingerprint density at radius 3 is 2.22 bits per heavy atom. The topological polar surface area (TPSA) is 64.2 Å². The minimum atomic E-state index is -0.763. The Labute approximate surface area is 218 Å². The maximum Gasteiger partial charge on any atom is 0.254 e. The van der Waals surface area contributed by atoms with Gasteiger partial charge in [-0.05, 0) is 55.7 Å². The van der Waals surface area contributed by atoms with Gasteiger partial charge >= 0.3 is 0 Å². The van der Waals surface area contributed by atoms with Gasteiger partial charge in [-0.15, -0.1) is 0 Å². The van der Waals surface area contributed by atoms with E-state index in [9.17, 15) is 14.4 Å². The normalized spacial score (nSPS) is 17.0. The number of rotatable bonds is 6. The second-order valence-electron chi connectivity index (χ2n) is 9.82. The number of carbonyl (C=O) groups is 3. The first-order valence-electron chi connectivity index (χ1n) is 13.2. The summed E-state index contributed by atoms with van der Waals surface area (Å²) in [6, 6.07) is 23.7. The van der Waals surface area contributed by atoms with Gasteiger partial charge in [0.15, 0.2) is 0 Å². The van der Waals surface area contributed by atoms with Gasteiger partial charge in [-0.25, -0.2) is 0 Å². The Balaban J connectivity index is 1.39. The van der Waals surface area contributed by atoms with Crippen molar-refractivity contribution in [1.82, 2.24) is 14.7 Å². The van der Waals surface area contributed by atoms with E-state index in [1.54, 1.807) is 9.80 Å². The molecule has 0 unspecified atom stereocenters. The number of likely N-dealkylation sites (tertiary alicyclic amines) is 1. The molecule has 0 N–H and O–H groups in total. The molecule has 37 heavy (non-hydrogen) atoms. The van der Waals surface area contributed by atoms with Gasteiger partial charge in [0.05, 0.1) is 6.67 Å². The molecule has 0 saturated carbocycles. The van der Waals surface area contributed by atoms with Gasteiger partial charge in [-0.3, -0.25) is 14.4 Å². The molecule has 5 rings (SSSR count). The van der Waals surface area contributed by atoms with Crippen molar-refractivity contribution in [2.24, 2.45) is 0 Å². The molecule has 2 saturated heterocycles. The molecule has 2 fully saturated rings. The fourth-order valence-corrected chi connectivity index (χ4v) is 5.82. The molecule has 7 heteroatoms. The Hall–Kier alpha value is -3.87. The number of anilines is 1. The molecular weight excluding hydrogens is 464 g/mol. The van der Waals surface area contributed by atoms with Gasteiger partial charge in [0.2, 0.25) is 5.91 Å². The molecular formula is C30H34N4O3. The van der Waals surface area contributed by atoms with Crippen molar-refractivity contribution < 1.29 is 14.4 Å². The summed E-state index contributed by atoms with van der Waals surface area (Å²) in [7, 11) is 0. The Kier molecular flexibility index (Phi) is 6.87. The lowest BCUT2D eigenvalue weighted by Gasteiger charge is -2.43. The predicted molar refractivity (Wildman–Crippen MR) is 145 cm³/mol. The summed E-state index contributed by atoms with van der Waals surface area (Å²) >= 11 is 0. The van der Waals surface area contributed by atoms with Crippen LogP contribution in [0.5, 0.6) is 0 Å². The zero-order valence-electron chi connectivity index (χ0n) is 21.6. The largest absolute Gasteiger partial charge is 0.342 e. The first-order valence-corrected chi connectivity index (χ1v) is 13.2. The van der Waals surface area contributed by atoms with Crippen molar-refractivity contribution in [2.75, 3.05) is 44.3 Å². The third-order valence-electron chi connectivity index (χ3n) is 7.92. The fourth-order valence-electron chi connectivity index (χ4n) is 5.82. The molecule has 0 bridgehead atoms. The van der Waals surface area contributed by atoms with Gasteiger partial charge in [0.25, 0.3) is 11.8 Å². The molecule has 1 spiro atoms. The molecule has 2 aliphatic rings. The van der Waals surface area contributed by atoms with E-state index in [1.807, 2.05) is 91.5 Å². The number of para-hydroxylation sites is 1. The lowest BCUT2D eigenvalue weighted by molar-refractivity contribution is -0.140. The summed E-state index contributed by atoms with van der Waals surface area (Å²) in [5, 5.41) is 1.98. The highest BCUT2D eigenvalue weighted by molar-refractivity contribution is 6.07. The third-order valence-corrected chi connectivity index (χ3v) is 7.92. The van der Waals surface area contributed by atoms with E-state index in [4.69, 9.17) is 0 Å². The van der Waals surface area contributed by atoms with Crippen molar-refractivity contribution in [3.05, 3.63) is 78.4 Å². The highest BCUT2D eigenvalue weighted by Crippen LogP contribution is 2.40. The number of carbonyl (C=O) groups excluding carboxylic acids is 3. The van der Waals surface area contributed by atoms with Crippen LogP contribution in [0.4, 0.5) is 5.69 Å². The van der Waals surface area contributed by atoms with Gasteiger partial charge in [0.1, 0.15) is 12.1 Å². The van der Waals surface area contributed by atoms with Crippen molar-refractivity contribution in [3.8, 4) is 0 Å². The summed E-state index contributed by atoms with van der Waals surface area (Å²) in [4.78, 5) is 47.8. The van der Waals surface area contributed by atoms with E-state index in [2.05, 4.69) is 4.90 Å². The van der Waals surface area contributed by atoms with Crippen LogP contribution in [0.25, 0.3) is 10.8 Å². The van der Waals surface area contributed by atoms with E-state index in [-0.39, 0.29) is 24.3 Å². The number of hydrogen-bond donors (Lipinski definition) is 0. The second-order valence-corrected chi connectivity index (χ2v) is 9.82. The number of hydrogen-bond acceptors (Lipinski definition) is 4. The molecule has 0 radical (unpaired) electrons. The molecule has 0 aliphatic carbocycles. The zero-order chi connectivity index (χ0) is 26.0. The van der Waals surface area contributed by atoms with Gasteiger partial charge in [0, 0.05) is 37.4 Å². The lowest BCUT2D eigenvalue weighted by atomic mass is 9.85. The number of benzene rings is 3. The first kappa shape index (κ1) is 24.8. The number of nitrogens with zero attached hydrogens (tertiary/aromatic N) is 4. The summed E-state index contributed by atoms with van der Waals surface area (Å²) in [6.07, 6.45) is 1.04. The summed E-state index contributed by atoms with van der Waals surface area (Å²) in [5.74, 6) is -0.0574. The van der Waals surface area contributed by atoms with Gasteiger partial charge in [-0.2, -0.15) is 0 Å². The zero-order valence-corrected chi connectivity index (χ0v) is 21.6. The molecule has 3 aromatic carbocycles. The number of likely N-dealkylation sites (N-methyl/N-ethyl adjacent to an activating group) is 1. The van der Waals surface area contributed by atoms with Gasteiger partial charge < -0.3 is 19.6 Å². The summed E-state index contributed by atoms with van der Waals surface area (Å²) in [5.41, 5.74) is 0.890. The Morgan fingerprint density at radius 1 is 0.865 bits per heavy atom. The number of amides is 3. The van der Waals surface area contributed by atoms with Crippen LogP contribution in [-0.4, -0.2) is 77.4 Å². The van der Waals surface area contributed by atoms with Crippen molar-refractivity contribution in [2.45, 2.75) is 32.2 Å². The fraction of sp³-hybridized carbons (Fsp3) is 0.367. The predicted octanol–water partition coefficient (Wildman–Crippen LogP) is 3.99. The van der Waals surface area contributed by atoms with Crippen LogP contribution in [-0.2, 0) is 9.59 Å². The molecule has 2 heterocycles. The van der Waals surface area contributed by atoms with Crippen LogP contribution in [0.2, 0.25) is 0 Å². The molecule has 2 aliphatic heterocycles. The maximum atomic E-state index is 13.9. The quantitative estimate of drug-likeness (QED) is 0.516. The van der Waals surface area contributed by atoms with E-state index in [0.29, 0.717) is 51.3 Å². The molecule has 3 aromatic rings. The van der Waals surface area contributed by atoms with Crippen LogP contribution in [0.3, 0.4) is 0 Å². The van der Waals surface area contributed by atoms with Crippen LogP contribution in [0.15, 0.2) is 72.8 Å². The van der Waals surface area contributed by atoms with E-state index < -0.39 is 5.54 Å². The average Bonchev–Trinajstić information content (AvgIpc) is 3.20. The van der Waals surface area contributed by atoms with Crippen molar-refractivity contribution >= 4 is 34.2 Å². The van der Waals surface area contributed by atoms with E-state index >= 15 is 0 Å². The average molecular weight is 499 g/mol. The second kappa shape index (κ2) is 10.2. The minimum Gasteiger partial charge on any atom is -0.342 e. The first-order chi connectivity index (χ1) is 18.0. The van der Waals surface area contributed by atoms with Crippen LogP contribution >= 0.6 is 0 Å². The summed E-state index contributed by atoms with van der Waals surface area (Å²) < 4.78 is 0. The van der Waals surface area contributed by atoms with E-state index in [1.165, 1.54) is 0 Å². The maximum absolute atomic E-state index is 13.9. The van der Waals surface area contributed by atoms with Crippen LogP contribution < -0.4 is 4.90 Å². The van der Waals surface area contributed by atoms with Crippen LogP contribution in [0.1, 0.15) is 37.0 Å². The molecule has 7 nitrogen and oxygen atoms in total. The number of piperidine rings is 1. The van der Waals surface area contributed by atoms with Crippen LogP contribution in [0, 0.1) is 0 Å². The molecule has 3 amide bonds. The summed E-state index contributed by atoms with van der Waals surface area (Å²) in [6.45, 7) is 6.55. The lowest BCUT2D eigenvalue weighted by Crippen LogP contribution is -2.57.